The summed E-state index contributed by atoms with van der Waals surface area (Å²) in [5.74, 6) is 0.471. The summed E-state index contributed by atoms with van der Waals surface area (Å²) < 4.78 is 5.19. The molecule has 1 aromatic carbocycles. The fourth-order valence-corrected chi connectivity index (χ4v) is 1.26. The molecule has 1 aromatic rings. The Kier molecular flexibility index (Phi) is 4.17. The number of rotatable bonds is 4. The highest BCUT2D eigenvalue weighted by Crippen LogP contribution is 2.13. The van der Waals surface area contributed by atoms with Crippen LogP contribution in [0.5, 0.6) is 5.75 Å². The lowest BCUT2D eigenvalue weighted by molar-refractivity contribution is -0.138. The van der Waals surface area contributed by atoms with E-state index < -0.39 is 0 Å². The molecule has 2 nitrogen and oxygen atoms in total. The molecule has 0 spiro atoms. The number of carbonyl (C=O) groups is 1. The molecule has 0 N–H and O–H groups in total. The summed E-state index contributed by atoms with van der Waals surface area (Å²) in [7, 11) is 0. The molecule has 1 atom stereocenters. The molecule has 0 heterocycles. The quantitative estimate of drug-likeness (QED) is 0.541. The van der Waals surface area contributed by atoms with Gasteiger partial charge < -0.3 is 4.74 Å². The average Bonchev–Trinajstić information content (AvgIpc) is 2.19. The second kappa shape index (κ2) is 5.43. The number of benzene rings is 1. The van der Waals surface area contributed by atoms with E-state index in [9.17, 15) is 4.79 Å². The predicted molar refractivity (Wildman–Crippen MR) is 56.1 cm³/mol. The topological polar surface area (TPSA) is 26.3 Å². The van der Waals surface area contributed by atoms with Gasteiger partial charge in [0.05, 0.1) is 5.92 Å². The monoisotopic (exact) mass is 192 g/mol. The van der Waals surface area contributed by atoms with Gasteiger partial charge in [-0.3, -0.25) is 4.79 Å². The third-order valence-electron chi connectivity index (χ3n) is 2.09. The van der Waals surface area contributed by atoms with Crippen molar-refractivity contribution in [1.29, 1.82) is 0 Å². The van der Waals surface area contributed by atoms with Crippen molar-refractivity contribution in [3.05, 3.63) is 30.3 Å². The van der Waals surface area contributed by atoms with Gasteiger partial charge in [0.25, 0.3) is 0 Å². The second-order valence-corrected chi connectivity index (χ2v) is 3.42. The lowest BCUT2D eigenvalue weighted by Gasteiger charge is -2.09. The van der Waals surface area contributed by atoms with E-state index in [-0.39, 0.29) is 11.9 Å². The number of ether oxygens (including phenoxy) is 1. The van der Waals surface area contributed by atoms with Gasteiger partial charge in [-0.15, -0.1) is 0 Å². The van der Waals surface area contributed by atoms with Gasteiger partial charge in [-0.25, -0.2) is 0 Å². The molecule has 0 aromatic heterocycles. The minimum Gasteiger partial charge on any atom is -0.426 e. The Morgan fingerprint density at radius 1 is 1.36 bits per heavy atom. The van der Waals surface area contributed by atoms with Crippen molar-refractivity contribution >= 4 is 5.97 Å². The maximum Gasteiger partial charge on any atom is 0.314 e. The van der Waals surface area contributed by atoms with Crippen molar-refractivity contribution in [1.82, 2.24) is 0 Å². The Hall–Kier alpha value is -1.31. The summed E-state index contributed by atoms with van der Waals surface area (Å²) in [4.78, 5) is 11.5. The van der Waals surface area contributed by atoms with Crippen LogP contribution in [0.2, 0.25) is 0 Å². The van der Waals surface area contributed by atoms with Gasteiger partial charge in [0, 0.05) is 0 Å². The van der Waals surface area contributed by atoms with E-state index in [1.54, 1.807) is 12.1 Å². The van der Waals surface area contributed by atoms with Crippen LogP contribution in [0.25, 0.3) is 0 Å². The normalized spacial score (nSPS) is 12.1. The number of hydrogen-bond acceptors (Lipinski definition) is 2. The second-order valence-electron chi connectivity index (χ2n) is 3.42. The zero-order valence-corrected chi connectivity index (χ0v) is 8.69. The smallest absolute Gasteiger partial charge is 0.314 e. The zero-order chi connectivity index (χ0) is 10.4. The van der Waals surface area contributed by atoms with Gasteiger partial charge in [-0.1, -0.05) is 38.5 Å². The number of hydrogen-bond donors (Lipinski definition) is 0. The van der Waals surface area contributed by atoms with Crippen LogP contribution in [0.15, 0.2) is 30.3 Å². The van der Waals surface area contributed by atoms with Crippen molar-refractivity contribution in [2.75, 3.05) is 0 Å². The van der Waals surface area contributed by atoms with Crippen LogP contribution >= 0.6 is 0 Å². The Morgan fingerprint density at radius 3 is 2.57 bits per heavy atom. The Labute approximate surface area is 84.9 Å². The summed E-state index contributed by atoms with van der Waals surface area (Å²) in [5, 5.41) is 0. The molecule has 0 fully saturated rings. The molecule has 2 heteroatoms. The van der Waals surface area contributed by atoms with E-state index in [0.29, 0.717) is 5.75 Å². The molecule has 14 heavy (non-hydrogen) atoms. The van der Waals surface area contributed by atoms with Crippen molar-refractivity contribution in [3.8, 4) is 5.75 Å². The van der Waals surface area contributed by atoms with Crippen LogP contribution in [0.4, 0.5) is 0 Å². The van der Waals surface area contributed by atoms with Gasteiger partial charge in [0.1, 0.15) is 5.75 Å². The molecule has 0 saturated carbocycles. The Bertz CT molecular complexity index is 280. The van der Waals surface area contributed by atoms with Crippen molar-refractivity contribution < 1.29 is 9.53 Å². The van der Waals surface area contributed by atoms with E-state index in [0.717, 1.165) is 12.8 Å². The summed E-state index contributed by atoms with van der Waals surface area (Å²) in [6.45, 7) is 3.96. The summed E-state index contributed by atoms with van der Waals surface area (Å²) >= 11 is 0. The molecule has 0 radical (unpaired) electrons. The van der Waals surface area contributed by atoms with Crippen LogP contribution < -0.4 is 4.74 Å². The summed E-state index contributed by atoms with van der Waals surface area (Å²) in [6, 6.07) is 9.18. The van der Waals surface area contributed by atoms with Crippen LogP contribution in [0.1, 0.15) is 26.7 Å². The van der Waals surface area contributed by atoms with E-state index in [2.05, 4.69) is 6.92 Å². The number of carbonyl (C=O) groups excluding carboxylic acids is 1. The molecular weight excluding hydrogens is 176 g/mol. The molecule has 0 aliphatic heterocycles. The summed E-state index contributed by atoms with van der Waals surface area (Å²) in [6.07, 6.45) is 1.89. The first-order valence-electron chi connectivity index (χ1n) is 5.00. The number of para-hydroxylation sites is 1. The fraction of sp³-hybridized carbons (Fsp3) is 0.417. The van der Waals surface area contributed by atoms with E-state index in [1.807, 2.05) is 25.1 Å². The van der Waals surface area contributed by atoms with Crippen LogP contribution in [0.3, 0.4) is 0 Å². The lowest BCUT2D eigenvalue weighted by atomic mass is 10.1. The van der Waals surface area contributed by atoms with Crippen molar-refractivity contribution in [3.63, 3.8) is 0 Å². The molecule has 0 aliphatic carbocycles. The van der Waals surface area contributed by atoms with E-state index in [1.165, 1.54) is 0 Å². The molecule has 0 bridgehead atoms. The summed E-state index contributed by atoms with van der Waals surface area (Å²) in [5.41, 5.74) is 0. The highest BCUT2D eigenvalue weighted by Gasteiger charge is 2.13. The molecule has 1 rings (SSSR count). The molecule has 76 valence electrons. The third kappa shape index (κ3) is 3.21. The highest BCUT2D eigenvalue weighted by atomic mass is 16.5. The molecule has 0 unspecified atom stereocenters. The van der Waals surface area contributed by atoms with Crippen LogP contribution in [0, 0.1) is 5.92 Å². The Balaban J connectivity index is 2.49. The minimum absolute atomic E-state index is 0.0137. The fourth-order valence-electron chi connectivity index (χ4n) is 1.26. The predicted octanol–water partition coefficient (Wildman–Crippen LogP) is 3.03. The van der Waals surface area contributed by atoms with E-state index >= 15 is 0 Å². The molecular formula is C12H16O2. The van der Waals surface area contributed by atoms with Gasteiger partial charge in [0.2, 0.25) is 0 Å². The van der Waals surface area contributed by atoms with Crippen LogP contribution in [-0.2, 0) is 4.79 Å². The molecule has 0 amide bonds. The van der Waals surface area contributed by atoms with Crippen molar-refractivity contribution in [2.45, 2.75) is 26.7 Å². The largest absolute Gasteiger partial charge is 0.426 e. The SMILES string of the molecule is CCC[C@@H](C)C(=O)Oc1ccccc1. The standard InChI is InChI=1S/C12H16O2/c1-3-7-10(2)12(13)14-11-8-5-4-6-9-11/h4-6,8-10H,3,7H2,1-2H3/t10-/m1/s1. The van der Waals surface area contributed by atoms with Crippen LogP contribution in [-0.4, -0.2) is 5.97 Å². The first-order valence-corrected chi connectivity index (χ1v) is 5.00. The average molecular weight is 192 g/mol. The van der Waals surface area contributed by atoms with Gasteiger partial charge >= 0.3 is 5.97 Å². The molecule has 0 saturated heterocycles. The minimum atomic E-state index is -0.141. The maximum absolute atomic E-state index is 11.5. The zero-order valence-electron chi connectivity index (χ0n) is 8.69. The third-order valence-corrected chi connectivity index (χ3v) is 2.09. The van der Waals surface area contributed by atoms with E-state index in [4.69, 9.17) is 4.74 Å². The first kappa shape index (κ1) is 10.8. The van der Waals surface area contributed by atoms with Gasteiger partial charge in [-0.2, -0.15) is 0 Å². The van der Waals surface area contributed by atoms with Gasteiger partial charge in [-0.05, 0) is 18.6 Å². The van der Waals surface area contributed by atoms with Crippen molar-refractivity contribution in [2.24, 2.45) is 5.92 Å². The lowest BCUT2D eigenvalue weighted by Crippen LogP contribution is -2.17. The van der Waals surface area contributed by atoms with Gasteiger partial charge in [0.15, 0.2) is 0 Å². The first-order chi connectivity index (χ1) is 6.74. The highest BCUT2D eigenvalue weighted by molar-refractivity contribution is 5.74. The number of esters is 1. The maximum atomic E-state index is 11.5. The Morgan fingerprint density at radius 2 is 2.00 bits per heavy atom. The molecule has 0 aliphatic rings.